The average Bonchev–Trinajstić information content (AvgIpc) is 2.81. The van der Waals surface area contributed by atoms with Crippen LogP contribution in [0.25, 0.3) is 0 Å². The summed E-state index contributed by atoms with van der Waals surface area (Å²) in [7, 11) is -6.63. The van der Waals surface area contributed by atoms with Crippen molar-refractivity contribution < 1.29 is 26.0 Å². The van der Waals surface area contributed by atoms with Crippen LogP contribution in [0.3, 0.4) is 0 Å². The standard InChI is InChI=1S/C23H23ClFN3O5S2/c1-16-3-10-21(34(30,31)26-2)13-22(16)27-23(29)15-28(14-17-4-8-19(25)9-5-17)35(32,33)20-11-6-18(24)7-12-20/h3-13,26H,14-15H2,1-2H3,(H,27,29). The molecule has 0 aliphatic heterocycles. The average molecular weight is 540 g/mol. The number of benzene rings is 3. The maximum absolute atomic E-state index is 13.3. The van der Waals surface area contributed by atoms with E-state index >= 15 is 0 Å². The minimum atomic E-state index is -4.14. The number of amides is 1. The van der Waals surface area contributed by atoms with E-state index in [2.05, 4.69) is 10.0 Å². The number of carbonyl (C=O) groups excluding carboxylic acids is 1. The van der Waals surface area contributed by atoms with Gasteiger partial charge in [0, 0.05) is 17.3 Å². The van der Waals surface area contributed by atoms with Crippen LogP contribution in [-0.2, 0) is 31.4 Å². The number of nitrogens with one attached hydrogen (secondary N) is 2. The van der Waals surface area contributed by atoms with E-state index in [-0.39, 0.29) is 22.0 Å². The van der Waals surface area contributed by atoms with Crippen molar-refractivity contribution >= 4 is 43.2 Å². The van der Waals surface area contributed by atoms with Gasteiger partial charge in [0.2, 0.25) is 26.0 Å². The highest BCUT2D eigenvalue weighted by Gasteiger charge is 2.27. The van der Waals surface area contributed by atoms with Crippen LogP contribution >= 0.6 is 11.6 Å². The maximum atomic E-state index is 13.3. The van der Waals surface area contributed by atoms with Gasteiger partial charge in [-0.05, 0) is 73.6 Å². The molecule has 0 aliphatic rings. The lowest BCUT2D eigenvalue weighted by Crippen LogP contribution is -2.37. The zero-order chi connectivity index (χ0) is 25.8. The molecular weight excluding hydrogens is 517 g/mol. The number of carbonyl (C=O) groups is 1. The molecule has 186 valence electrons. The van der Waals surface area contributed by atoms with Crippen molar-refractivity contribution in [3.8, 4) is 0 Å². The van der Waals surface area contributed by atoms with Crippen LogP contribution in [0.4, 0.5) is 10.1 Å². The largest absolute Gasteiger partial charge is 0.325 e. The van der Waals surface area contributed by atoms with Crippen LogP contribution < -0.4 is 10.0 Å². The first kappa shape index (κ1) is 26.8. The van der Waals surface area contributed by atoms with Gasteiger partial charge in [-0.2, -0.15) is 4.31 Å². The molecule has 0 atom stereocenters. The van der Waals surface area contributed by atoms with Gasteiger partial charge in [-0.3, -0.25) is 4.79 Å². The van der Waals surface area contributed by atoms with Gasteiger partial charge >= 0.3 is 0 Å². The molecule has 1 amide bonds. The van der Waals surface area contributed by atoms with Gasteiger partial charge in [-0.1, -0.05) is 29.8 Å². The van der Waals surface area contributed by atoms with Crippen molar-refractivity contribution in [2.45, 2.75) is 23.3 Å². The fourth-order valence-corrected chi connectivity index (χ4v) is 5.41. The molecule has 3 aromatic rings. The smallest absolute Gasteiger partial charge is 0.243 e. The van der Waals surface area contributed by atoms with Gasteiger partial charge in [-0.25, -0.2) is 25.9 Å². The Morgan fingerprint density at radius 2 is 1.54 bits per heavy atom. The second-order valence-electron chi connectivity index (χ2n) is 7.59. The molecule has 0 saturated heterocycles. The first-order valence-corrected chi connectivity index (χ1v) is 13.6. The van der Waals surface area contributed by atoms with Gasteiger partial charge in [0.05, 0.1) is 16.3 Å². The number of hydrogen-bond acceptors (Lipinski definition) is 5. The molecule has 0 fully saturated rings. The highest BCUT2D eigenvalue weighted by Crippen LogP contribution is 2.23. The van der Waals surface area contributed by atoms with E-state index in [0.29, 0.717) is 16.1 Å². The van der Waals surface area contributed by atoms with Gasteiger partial charge in [0.15, 0.2) is 0 Å². The van der Waals surface area contributed by atoms with Crippen LogP contribution in [0.2, 0.25) is 5.02 Å². The minimum Gasteiger partial charge on any atom is -0.325 e. The molecular formula is C23H23ClFN3O5S2. The number of nitrogens with zero attached hydrogens (tertiary/aromatic N) is 1. The van der Waals surface area contributed by atoms with Gasteiger partial charge < -0.3 is 5.32 Å². The molecule has 2 N–H and O–H groups in total. The molecule has 3 rings (SSSR count). The minimum absolute atomic E-state index is 0.0575. The monoisotopic (exact) mass is 539 g/mol. The molecule has 8 nitrogen and oxygen atoms in total. The summed E-state index contributed by atoms with van der Waals surface area (Å²) in [5, 5.41) is 2.93. The highest BCUT2D eigenvalue weighted by molar-refractivity contribution is 7.89. The Bertz CT molecular complexity index is 1430. The molecule has 0 bridgehead atoms. The molecule has 0 saturated carbocycles. The number of anilines is 1. The molecule has 0 spiro atoms. The normalized spacial score (nSPS) is 12.0. The van der Waals surface area contributed by atoms with Crippen LogP contribution in [0.15, 0.2) is 76.5 Å². The molecule has 0 unspecified atom stereocenters. The van der Waals surface area contributed by atoms with Gasteiger partial charge in [0.25, 0.3) is 0 Å². The van der Waals surface area contributed by atoms with Crippen molar-refractivity contribution in [2.75, 3.05) is 18.9 Å². The fourth-order valence-electron chi connectivity index (χ4n) is 3.15. The number of sulfonamides is 2. The molecule has 12 heteroatoms. The SMILES string of the molecule is CNS(=O)(=O)c1ccc(C)c(NC(=O)CN(Cc2ccc(F)cc2)S(=O)(=O)c2ccc(Cl)cc2)c1. The van der Waals surface area contributed by atoms with E-state index in [1.807, 2.05) is 0 Å². The van der Waals surface area contributed by atoms with Crippen molar-refractivity contribution in [1.29, 1.82) is 0 Å². The summed E-state index contributed by atoms with van der Waals surface area (Å²) in [6.45, 7) is 0.892. The molecule has 0 heterocycles. The first-order chi connectivity index (χ1) is 16.4. The number of hydrogen-bond donors (Lipinski definition) is 2. The predicted molar refractivity (Wildman–Crippen MR) is 132 cm³/mol. The van der Waals surface area contributed by atoms with Crippen molar-refractivity contribution in [1.82, 2.24) is 9.03 Å². The third kappa shape index (κ3) is 6.65. The predicted octanol–water partition coefficient (Wildman–Crippen LogP) is 3.53. The Morgan fingerprint density at radius 3 is 2.14 bits per heavy atom. The Kier molecular flexibility index (Phi) is 8.29. The summed E-state index contributed by atoms with van der Waals surface area (Å²) in [6.07, 6.45) is 0. The summed E-state index contributed by atoms with van der Waals surface area (Å²) in [5.41, 5.74) is 1.27. The zero-order valence-corrected chi connectivity index (χ0v) is 21.2. The third-order valence-corrected chi connectivity index (χ3v) is 8.58. The van der Waals surface area contributed by atoms with Crippen LogP contribution in [-0.4, -0.2) is 40.6 Å². The summed E-state index contributed by atoms with van der Waals surface area (Å²) >= 11 is 5.88. The van der Waals surface area contributed by atoms with Gasteiger partial charge in [-0.15, -0.1) is 0 Å². The topological polar surface area (TPSA) is 113 Å². The molecule has 0 aliphatic carbocycles. The van der Waals surface area contributed by atoms with Crippen molar-refractivity contribution in [2.24, 2.45) is 0 Å². The molecule has 0 radical (unpaired) electrons. The summed E-state index contributed by atoms with van der Waals surface area (Å²) in [5.74, 6) is -1.17. The lowest BCUT2D eigenvalue weighted by molar-refractivity contribution is -0.116. The van der Waals surface area contributed by atoms with Crippen LogP contribution in [0.1, 0.15) is 11.1 Å². The lowest BCUT2D eigenvalue weighted by Gasteiger charge is -2.22. The number of halogens is 2. The second kappa shape index (κ2) is 10.8. The Morgan fingerprint density at radius 1 is 0.943 bits per heavy atom. The van der Waals surface area contributed by atoms with E-state index in [1.165, 1.54) is 73.8 Å². The van der Waals surface area contributed by atoms with E-state index in [0.717, 1.165) is 4.31 Å². The Hall–Kier alpha value is -2.83. The summed E-state index contributed by atoms with van der Waals surface area (Å²) < 4.78 is 67.4. The molecule has 35 heavy (non-hydrogen) atoms. The van der Waals surface area contributed by atoms with Gasteiger partial charge in [0.1, 0.15) is 5.82 Å². The summed E-state index contributed by atoms with van der Waals surface area (Å²) in [4.78, 5) is 12.8. The highest BCUT2D eigenvalue weighted by atomic mass is 35.5. The van der Waals surface area contributed by atoms with Crippen molar-refractivity contribution in [3.05, 3.63) is 88.7 Å². The Labute approximate surface area is 208 Å². The first-order valence-electron chi connectivity index (χ1n) is 10.3. The van der Waals surface area contributed by atoms with E-state index in [9.17, 15) is 26.0 Å². The fraction of sp³-hybridized carbons (Fsp3) is 0.174. The number of aryl methyl sites for hydroxylation is 1. The maximum Gasteiger partial charge on any atom is 0.243 e. The molecule has 3 aromatic carbocycles. The number of rotatable bonds is 9. The quantitative estimate of drug-likeness (QED) is 0.432. The third-order valence-electron chi connectivity index (χ3n) is 5.11. The van der Waals surface area contributed by atoms with E-state index < -0.39 is 38.3 Å². The van der Waals surface area contributed by atoms with Crippen LogP contribution in [0.5, 0.6) is 0 Å². The van der Waals surface area contributed by atoms with E-state index in [4.69, 9.17) is 11.6 Å². The molecule has 0 aromatic heterocycles. The van der Waals surface area contributed by atoms with E-state index in [1.54, 1.807) is 6.92 Å². The summed E-state index contributed by atoms with van der Waals surface area (Å²) in [6, 6.07) is 14.9. The second-order valence-corrected chi connectivity index (χ2v) is 11.8. The Balaban J connectivity index is 1.91. The van der Waals surface area contributed by atoms with Crippen molar-refractivity contribution in [3.63, 3.8) is 0 Å². The lowest BCUT2D eigenvalue weighted by atomic mass is 10.2. The van der Waals surface area contributed by atoms with Crippen LogP contribution in [0, 0.1) is 12.7 Å². The zero-order valence-electron chi connectivity index (χ0n) is 18.8.